The van der Waals surface area contributed by atoms with Crippen molar-refractivity contribution < 1.29 is 23.6 Å². The van der Waals surface area contributed by atoms with E-state index >= 15 is 4.39 Å². The Morgan fingerprint density at radius 1 is 1.17 bits per heavy atom. The minimum Gasteiger partial charge on any atom is -0.474 e. The molecule has 2 aliphatic heterocycles. The number of benzene rings is 1. The molecule has 0 spiro atoms. The average Bonchev–Trinajstić information content (AvgIpc) is 3.50. The molecule has 2 fully saturated rings. The van der Waals surface area contributed by atoms with Crippen LogP contribution in [0.3, 0.4) is 0 Å². The number of cyclic esters (lactones) is 1. The van der Waals surface area contributed by atoms with Gasteiger partial charge in [-0.25, -0.2) is 14.2 Å². The Morgan fingerprint density at radius 3 is 2.64 bits per heavy atom. The largest absolute Gasteiger partial charge is 0.474 e. The molecule has 36 heavy (non-hydrogen) atoms. The lowest BCUT2D eigenvalue weighted by Gasteiger charge is -2.36. The third kappa shape index (κ3) is 5.03. The van der Waals surface area contributed by atoms with Gasteiger partial charge in [0, 0.05) is 44.0 Å². The molecule has 2 saturated heterocycles. The molecule has 2 aliphatic rings. The van der Waals surface area contributed by atoms with Crippen LogP contribution in [-0.4, -0.2) is 61.4 Å². The summed E-state index contributed by atoms with van der Waals surface area (Å²) in [5.74, 6) is 0.0291. The number of rotatable bonds is 7. The van der Waals surface area contributed by atoms with Gasteiger partial charge < -0.3 is 19.3 Å². The van der Waals surface area contributed by atoms with Crippen LogP contribution in [0.2, 0.25) is 0 Å². The molecule has 0 N–H and O–H groups in total. The number of aryl methyl sites for hydroxylation is 1. The lowest BCUT2D eigenvalue weighted by atomic mass is 10.2. The molecule has 4 heterocycles. The van der Waals surface area contributed by atoms with Gasteiger partial charge in [0.25, 0.3) is 0 Å². The van der Waals surface area contributed by atoms with E-state index < -0.39 is 22.9 Å². The van der Waals surface area contributed by atoms with Crippen LogP contribution in [0.5, 0.6) is 5.88 Å². The molecule has 188 valence electrons. The minimum absolute atomic E-state index is 0.107. The molecule has 1 aromatic carbocycles. The molecular weight excluding hydrogens is 489 g/mol. The molecule has 12 heteroatoms. The predicted octanol–water partition coefficient (Wildman–Crippen LogP) is 4.23. The number of aromatic nitrogens is 1. The Kier molecular flexibility index (Phi) is 6.59. The van der Waals surface area contributed by atoms with Crippen LogP contribution in [0.4, 0.5) is 30.6 Å². The first-order chi connectivity index (χ1) is 17.4. The van der Waals surface area contributed by atoms with Gasteiger partial charge in [-0.2, -0.15) is 0 Å². The number of amides is 1. The van der Waals surface area contributed by atoms with Gasteiger partial charge >= 0.3 is 11.1 Å². The number of ether oxygens (including phenoxy) is 2. The van der Waals surface area contributed by atoms with E-state index in [0.29, 0.717) is 43.4 Å². The zero-order valence-electron chi connectivity index (χ0n) is 19.5. The maximum Gasteiger partial charge on any atom is 0.414 e. The number of pyridine rings is 1. The monoisotopic (exact) mass is 513 g/mol. The van der Waals surface area contributed by atoms with Gasteiger partial charge in [-0.1, -0.05) is 6.07 Å². The summed E-state index contributed by atoms with van der Waals surface area (Å²) < 4.78 is 26.1. The Morgan fingerprint density at radius 2 is 1.94 bits per heavy atom. The van der Waals surface area contributed by atoms with Gasteiger partial charge in [0.1, 0.15) is 12.4 Å². The average molecular weight is 514 g/mol. The molecular formula is C24H24FN5O5S. The maximum absolute atomic E-state index is 15.1. The number of carbonyl (C=O) groups is 1. The van der Waals surface area contributed by atoms with Crippen LogP contribution in [0.15, 0.2) is 48.5 Å². The van der Waals surface area contributed by atoms with Gasteiger partial charge in [0.2, 0.25) is 5.88 Å². The van der Waals surface area contributed by atoms with Crippen molar-refractivity contribution in [3.8, 4) is 5.88 Å². The number of piperazine rings is 1. The number of nitro groups is 1. The summed E-state index contributed by atoms with van der Waals surface area (Å²) >= 11 is 1.14. The van der Waals surface area contributed by atoms with Crippen LogP contribution < -0.4 is 19.4 Å². The fourth-order valence-electron chi connectivity index (χ4n) is 4.27. The highest BCUT2D eigenvalue weighted by Gasteiger charge is 2.33. The maximum atomic E-state index is 15.1. The molecule has 0 saturated carbocycles. The highest BCUT2D eigenvalue weighted by atomic mass is 32.1. The molecule has 0 radical (unpaired) electrons. The Hall–Kier alpha value is -3.93. The van der Waals surface area contributed by atoms with Gasteiger partial charge in [-0.15, -0.1) is 0 Å². The van der Waals surface area contributed by atoms with Crippen molar-refractivity contribution in [2.45, 2.75) is 13.0 Å². The van der Waals surface area contributed by atoms with E-state index in [0.717, 1.165) is 22.0 Å². The topological polar surface area (TPSA) is 101 Å². The number of anilines is 3. The van der Waals surface area contributed by atoms with E-state index in [1.54, 1.807) is 24.3 Å². The molecule has 10 nitrogen and oxygen atoms in total. The number of carbonyl (C=O) groups excluding carboxylic acids is 1. The van der Waals surface area contributed by atoms with Gasteiger partial charge in [0.05, 0.1) is 27.8 Å². The number of halogens is 1. The first kappa shape index (κ1) is 23.8. The van der Waals surface area contributed by atoms with E-state index in [-0.39, 0.29) is 18.2 Å². The fourth-order valence-corrected chi connectivity index (χ4v) is 5.14. The molecule has 5 rings (SSSR count). The first-order valence-electron chi connectivity index (χ1n) is 11.5. The number of nitrogens with zero attached hydrogens (tertiary/aromatic N) is 5. The lowest BCUT2D eigenvalue weighted by molar-refractivity contribution is -0.380. The number of thiophene rings is 1. The number of hydrogen-bond acceptors (Lipinski definition) is 9. The minimum atomic E-state index is -0.549. The van der Waals surface area contributed by atoms with E-state index in [1.807, 2.05) is 24.0 Å². The Labute approximate surface area is 210 Å². The van der Waals surface area contributed by atoms with Crippen molar-refractivity contribution >= 4 is 38.8 Å². The van der Waals surface area contributed by atoms with Crippen LogP contribution in [-0.2, 0) is 4.74 Å². The second-order valence-corrected chi connectivity index (χ2v) is 9.56. The molecule has 0 bridgehead atoms. The SMILES string of the molecule is Cc1cccc(OC[C@H]2CN(c3ccc(N4CCN(c5ccc([N+](=O)[O-])s5)CC4)c(F)c3)C(=O)O2)n1. The van der Waals surface area contributed by atoms with Crippen LogP contribution in [0.25, 0.3) is 0 Å². The lowest BCUT2D eigenvalue weighted by Crippen LogP contribution is -2.46. The third-order valence-electron chi connectivity index (χ3n) is 6.09. The molecule has 0 unspecified atom stereocenters. The molecule has 1 atom stereocenters. The number of hydrogen-bond donors (Lipinski definition) is 0. The second-order valence-electron chi connectivity index (χ2n) is 8.52. The van der Waals surface area contributed by atoms with Crippen molar-refractivity contribution in [2.75, 3.05) is 54.0 Å². The smallest absolute Gasteiger partial charge is 0.414 e. The fraction of sp³-hybridized carbons (Fsp3) is 0.333. The van der Waals surface area contributed by atoms with Gasteiger partial charge in [0.15, 0.2) is 6.10 Å². The van der Waals surface area contributed by atoms with Crippen molar-refractivity contribution in [3.05, 3.63) is 70.2 Å². The summed E-state index contributed by atoms with van der Waals surface area (Å²) in [5, 5.41) is 11.9. The normalized spacial score (nSPS) is 17.9. The zero-order valence-corrected chi connectivity index (χ0v) is 20.3. The summed E-state index contributed by atoms with van der Waals surface area (Å²) in [6.45, 7) is 4.63. The van der Waals surface area contributed by atoms with Crippen LogP contribution in [0, 0.1) is 22.9 Å². The van der Waals surface area contributed by atoms with E-state index in [9.17, 15) is 14.9 Å². The molecule has 3 aromatic rings. The van der Waals surface area contributed by atoms with Crippen molar-refractivity contribution in [3.63, 3.8) is 0 Å². The van der Waals surface area contributed by atoms with E-state index in [1.165, 1.54) is 17.0 Å². The summed E-state index contributed by atoms with van der Waals surface area (Å²) in [6, 6.07) is 13.4. The standard InChI is InChI=1S/C24H24FN5O5S/c1-16-3-2-4-21(26-16)34-15-18-14-29(24(31)35-18)17-5-6-20(19(25)13-17)27-9-11-28(12-10-27)22-7-8-23(36-22)30(32)33/h2-8,13,18H,9-12,14-15H2,1H3/t18-/m1/s1. The summed E-state index contributed by atoms with van der Waals surface area (Å²) in [6.07, 6.45) is -1.05. The van der Waals surface area contributed by atoms with E-state index in [2.05, 4.69) is 9.88 Å². The molecule has 0 aliphatic carbocycles. The highest BCUT2D eigenvalue weighted by Crippen LogP contribution is 2.33. The second kappa shape index (κ2) is 9.97. The van der Waals surface area contributed by atoms with Crippen molar-refractivity contribution in [2.24, 2.45) is 0 Å². The highest BCUT2D eigenvalue weighted by molar-refractivity contribution is 7.19. The third-order valence-corrected chi connectivity index (χ3v) is 7.18. The zero-order chi connectivity index (χ0) is 25.2. The summed E-state index contributed by atoms with van der Waals surface area (Å²) in [7, 11) is 0. The summed E-state index contributed by atoms with van der Waals surface area (Å²) in [5.41, 5.74) is 1.69. The first-order valence-corrected chi connectivity index (χ1v) is 12.3. The van der Waals surface area contributed by atoms with Crippen molar-refractivity contribution in [1.29, 1.82) is 0 Å². The molecule has 2 aromatic heterocycles. The Bertz CT molecular complexity index is 1280. The molecule has 1 amide bonds. The predicted molar refractivity (Wildman–Crippen MR) is 134 cm³/mol. The van der Waals surface area contributed by atoms with Crippen molar-refractivity contribution in [1.82, 2.24) is 4.98 Å². The van der Waals surface area contributed by atoms with Crippen LogP contribution >= 0.6 is 11.3 Å². The van der Waals surface area contributed by atoms with Gasteiger partial charge in [-0.3, -0.25) is 15.0 Å². The Balaban J connectivity index is 1.18. The summed E-state index contributed by atoms with van der Waals surface area (Å²) in [4.78, 5) is 32.6. The quantitative estimate of drug-likeness (QED) is 0.342. The van der Waals surface area contributed by atoms with Crippen LogP contribution in [0.1, 0.15) is 5.69 Å². The van der Waals surface area contributed by atoms with E-state index in [4.69, 9.17) is 9.47 Å². The van der Waals surface area contributed by atoms with Gasteiger partial charge in [-0.05, 0) is 48.6 Å².